The number of likely N-dealkylation sites (N-methyl/N-ethyl adjacent to an activating group) is 1. The number of nitrogens with zero attached hydrogens (tertiary/aromatic N) is 2. The lowest BCUT2D eigenvalue weighted by Crippen LogP contribution is -2.55. The van der Waals surface area contributed by atoms with Gasteiger partial charge >= 0.3 is 0 Å². The molecule has 144 valence electrons. The predicted octanol–water partition coefficient (Wildman–Crippen LogP) is 1.89. The number of fused-ring (bicyclic) bond motifs is 4. The van der Waals surface area contributed by atoms with Crippen molar-refractivity contribution in [3.05, 3.63) is 29.8 Å². The third-order valence-electron chi connectivity index (χ3n) is 6.27. The van der Waals surface area contributed by atoms with E-state index in [1.807, 2.05) is 38.1 Å². The highest BCUT2D eigenvalue weighted by Crippen LogP contribution is 2.55. The Hall–Kier alpha value is -2.21. The molecule has 4 atom stereocenters. The lowest BCUT2D eigenvalue weighted by molar-refractivity contribution is -0.144. The lowest BCUT2D eigenvalue weighted by Gasteiger charge is -2.31. The van der Waals surface area contributed by atoms with Crippen LogP contribution in [0.15, 0.2) is 24.3 Å². The Balaban J connectivity index is 1.91. The molecular weight excluding hydrogens is 342 g/mol. The molecule has 6 heteroatoms. The molecule has 1 aromatic rings. The largest absolute Gasteiger partial charge is 0.313 e. The summed E-state index contributed by atoms with van der Waals surface area (Å²) in [6.07, 6.45) is 0.743. The number of nitrogens with one attached hydrogen (secondary N) is 1. The highest BCUT2D eigenvalue weighted by molar-refractivity contribution is 6.15. The second-order valence-electron chi connectivity index (χ2n) is 8.71. The van der Waals surface area contributed by atoms with E-state index in [0.29, 0.717) is 5.92 Å². The van der Waals surface area contributed by atoms with Crippen LogP contribution in [0.1, 0.15) is 39.7 Å². The topological polar surface area (TPSA) is 69.7 Å². The van der Waals surface area contributed by atoms with Gasteiger partial charge in [-0.1, -0.05) is 32.0 Å². The van der Waals surface area contributed by atoms with Crippen molar-refractivity contribution in [2.75, 3.05) is 11.9 Å². The summed E-state index contributed by atoms with van der Waals surface area (Å²) in [6, 6.07) is 7.18. The Bertz CT molecular complexity index is 834. The minimum absolute atomic E-state index is 0.142. The lowest BCUT2D eigenvalue weighted by atomic mass is 9.76. The Morgan fingerprint density at radius 2 is 1.74 bits per heavy atom. The molecule has 1 aromatic carbocycles. The van der Waals surface area contributed by atoms with Crippen molar-refractivity contribution in [3.63, 3.8) is 0 Å². The van der Waals surface area contributed by atoms with Gasteiger partial charge in [0.05, 0.1) is 11.8 Å². The van der Waals surface area contributed by atoms with Crippen molar-refractivity contribution in [2.45, 2.75) is 51.7 Å². The van der Waals surface area contributed by atoms with Crippen molar-refractivity contribution < 1.29 is 14.4 Å². The molecule has 3 aliphatic heterocycles. The molecule has 1 N–H and O–H groups in total. The highest BCUT2D eigenvalue weighted by atomic mass is 16.2. The minimum atomic E-state index is -1.15. The molecule has 6 nitrogen and oxygen atoms in total. The molecule has 0 aromatic heterocycles. The van der Waals surface area contributed by atoms with Gasteiger partial charge in [0.1, 0.15) is 5.54 Å². The summed E-state index contributed by atoms with van der Waals surface area (Å²) >= 11 is 0. The zero-order valence-electron chi connectivity index (χ0n) is 16.5. The molecule has 2 saturated heterocycles. The number of rotatable bonds is 3. The molecule has 1 spiro atoms. The summed E-state index contributed by atoms with van der Waals surface area (Å²) < 4.78 is 0. The van der Waals surface area contributed by atoms with Gasteiger partial charge in [-0.15, -0.1) is 0 Å². The Morgan fingerprint density at radius 3 is 2.37 bits per heavy atom. The second kappa shape index (κ2) is 5.89. The smallest absolute Gasteiger partial charge is 0.252 e. The van der Waals surface area contributed by atoms with E-state index in [2.05, 4.69) is 19.2 Å². The quantitative estimate of drug-likeness (QED) is 0.826. The number of anilines is 1. The van der Waals surface area contributed by atoms with Crippen LogP contribution in [0.5, 0.6) is 0 Å². The van der Waals surface area contributed by atoms with Gasteiger partial charge in [0.25, 0.3) is 5.91 Å². The Morgan fingerprint density at radius 1 is 1.07 bits per heavy atom. The standard InChI is InChI=1S/C21H27N3O3/c1-11(2)10-14-16-17(19(26)24(12(3)4)18(16)25)21(22-14)13-8-6-7-9-15(13)23(5)20(21)27/h6-9,11-12,14,16-17,22H,10H2,1-5H3/t14-,16-,17+,21-/m0/s1. The molecule has 3 amide bonds. The fourth-order valence-corrected chi connectivity index (χ4v) is 5.30. The van der Waals surface area contributed by atoms with E-state index < -0.39 is 17.4 Å². The van der Waals surface area contributed by atoms with Crippen LogP contribution in [0.4, 0.5) is 5.69 Å². The van der Waals surface area contributed by atoms with Crippen molar-refractivity contribution in [1.82, 2.24) is 10.2 Å². The minimum Gasteiger partial charge on any atom is -0.313 e. The third-order valence-corrected chi connectivity index (χ3v) is 6.27. The van der Waals surface area contributed by atoms with Gasteiger partial charge in [-0.2, -0.15) is 0 Å². The number of hydrogen-bond acceptors (Lipinski definition) is 4. The maximum atomic E-state index is 13.5. The summed E-state index contributed by atoms with van der Waals surface area (Å²) in [7, 11) is 1.74. The van der Waals surface area contributed by atoms with E-state index in [0.717, 1.165) is 17.7 Å². The van der Waals surface area contributed by atoms with Crippen LogP contribution in [0.25, 0.3) is 0 Å². The van der Waals surface area contributed by atoms with E-state index in [1.54, 1.807) is 11.9 Å². The highest BCUT2D eigenvalue weighted by Gasteiger charge is 2.71. The van der Waals surface area contributed by atoms with Crippen LogP contribution in [-0.4, -0.2) is 41.8 Å². The van der Waals surface area contributed by atoms with Gasteiger partial charge in [-0.3, -0.25) is 24.6 Å². The molecule has 0 radical (unpaired) electrons. The number of benzene rings is 1. The van der Waals surface area contributed by atoms with Gasteiger partial charge in [0.15, 0.2) is 0 Å². The van der Waals surface area contributed by atoms with Crippen molar-refractivity contribution in [2.24, 2.45) is 17.8 Å². The second-order valence-corrected chi connectivity index (χ2v) is 8.71. The van der Waals surface area contributed by atoms with Gasteiger partial charge in [-0.25, -0.2) is 0 Å². The first-order valence-corrected chi connectivity index (χ1v) is 9.74. The van der Waals surface area contributed by atoms with Crippen molar-refractivity contribution >= 4 is 23.4 Å². The number of hydrogen-bond donors (Lipinski definition) is 1. The van der Waals surface area contributed by atoms with Gasteiger partial charge < -0.3 is 4.90 Å². The number of likely N-dealkylation sites (tertiary alicyclic amines) is 1. The van der Waals surface area contributed by atoms with Crippen LogP contribution in [0.3, 0.4) is 0 Å². The van der Waals surface area contributed by atoms with Crippen LogP contribution < -0.4 is 10.2 Å². The third kappa shape index (κ3) is 2.19. The van der Waals surface area contributed by atoms with Crippen LogP contribution in [-0.2, 0) is 19.9 Å². The number of carbonyl (C=O) groups is 3. The monoisotopic (exact) mass is 369 g/mol. The zero-order valence-corrected chi connectivity index (χ0v) is 16.5. The number of carbonyl (C=O) groups excluding carboxylic acids is 3. The van der Waals surface area contributed by atoms with Crippen molar-refractivity contribution in [3.8, 4) is 0 Å². The SMILES string of the molecule is CC(C)C[C@@H]1N[C@]2(C(=O)N(C)c3ccccc32)[C@H]2C(=O)N(C(C)C)C(=O)[C@@H]12. The first kappa shape index (κ1) is 18.2. The Labute approximate surface area is 159 Å². The van der Waals surface area contributed by atoms with E-state index in [1.165, 1.54) is 4.90 Å². The van der Waals surface area contributed by atoms with Crippen LogP contribution in [0.2, 0.25) is 0 Å². The summed E-state index contributed by atoms with van der Waals surface area (Å²) in [5.74, 6) is -1.34. The molecule has 2 fully saturated rings. The number of amides is 3. The van der Waals surface area contributed by atoms with Gasteiger partial charge in [-0.05, 0) is 32.3 Å². The summed E-state index contributed by atoms with van der Waals surface area (Å²) in [6.45, 7) is 7.90. The maximum Gasteiger partial charge on any atom is 0.252 e. The molecule has 27 heavy (non-hydrogen) atoms. The fraction of sp³-hybridized carbons (Fsp3) is 0.571. The average Bonchev–Trinajstić information content (AvgIpc) is 3.14. The van der Waals surface area contributed by atoms with Crippen LogP contribution in [0, 0.1) is 17.8 Å². The first-order chi connectivity index (χ1) is 12.7. The van der Waals surface area contributed by atoms with E-state index in [-0.39, 0.29) is 29.8 Å². The van der Waals surface area contributed by atoms with E-state index in [4.69, 9.17) is 0 Å². The molecular formula is C21H27N3O3. The fourth-order valence-electron chi connectivity index (χ4n) is 5.30. The molecule has 0 bridgehead atoms. The molecule has 0 saturated carbocycles. The zero-order chi connectivity index (χ0) is 19.7. The Kier molecular flexibility index (Phi) is 3.97. The summed E-state index contributed by atoms with van der Waals surface area (Å²) in [5, 5.41) is 3.50. The molecule has 4 rings (SSSR count). The van der Waals surface area contributed by atoms with Gasteiger partial charge in [0.2, 0.25) is 11.8 Å². The van der Waals surface area contributed by atoms with E-state index in [9.17, 15) is 14.4 Å². The molecule has 0 aliphatic carbocycles. The molecule has 3 aliphatic rings. The number of para-hydroxylation sites is 1. The maximum absolute atomic E-state index is 13.5. The number of imide groups is 1. The molecule has 3 heterocycles. The summed E-state index contributed by atoms with van der Waals surface area (Å²) in [5.41, 5.74) is 0.471. The first-order valence-electron chi connectivity index (χ1n) is 9.74. The average molecular weight is 369 g/mol. The van der Waals surface area contributed by atoms with E-state index >= 15 is 0 Å². The predicted molar refractivity (Wildman–Crippen MR) is 102 cm³/mol. The van der Waals surface area contributed by atoms with Crippen molar-refractivity contribution in [1.29, 1.82) is 0 Å². The van der Waals surface area contributed by atoms with Crippen LogP contribution >= 0.6 is 0 Å². The molecule has 0 unspecified atom stereocenters. The normalized spacial score (nSPS) is 32.4. The summed E-state index contributed by atoms with van der Waals surface area (Å²) in [4.78, 5) is 43.1. The van der Waals surface area contributed by atoms with Gasteiger partial charge in [0, 0.05) is 30.4 Å².